The third kappa shape index (κ3) is 6.48. The fourth-order valence-electron chi connectivity index (χ4n) is 3.73. The highest BCUT2D eigenvalue weighted by atomic mass is 127. The second-order valence-electron chi connectivity index (χ2n) is 7.40. The van der Waals surface area contributed by atoms with Crippen molar-refractivity contribution in [2.45, 2.75) is 25.4 Å². The van der Waals surface area contributed by atoms with Crippen LogP contribution in [0.15, 0.2) is 35.3 Å². The number of sulfone groups is 1. The molecule has 2 saturated heterocycles. The molecule has 2 aliphatic rings. The van der Waals surface area contributed by atoms with Crippen molar-refractivity contribution >= 4 is 45.5 Å². The van der Waals surface area contributed by atoms with Crippen molar-refractivity contribution in [2.24, 2.45) is 4.99 Å². The highest BCUT2D eigenvalue weighted by Gasteiger charge is 2.28. The van der Waals surface area contributed by atoms with Crippen molar-refractivity contribution in [3.8, 4) is 0 Å². The second kappa shape index (κ2) is 10.6. The highest BCUT2D eigenvalue weighted by molar-refractivity contribution is 14.0. The largest absolute Gasteiger partial charge is 0.369 e. The first-order valence-electron chi connectivity index (χ1n) is 9.68. The number of anilines is 1. The van der Waals surface area contributed by atoms with Crippen molar-refractivity contribution < 1.29 is 8.42 Å². The van der Waals surface area contributed by atoms with E-state index in [9.17, 15) is 8.42 Å². The molecule has 7 nitrogen and oxygen atoms in total. The Kier molecular flexibility index (Phi) is 8.81. The molecule has 0 aliphatic carbocycles. The molecule has 1 aromatic carbocycles. The SMILES string of the molecule is CN=C(NCC(C)N1CCN(c2ccccc2)CC1)NC1CCS(=O)(=O)C1.I. The number of hydrogen-bond acceptors (Lipinski definition) is 5. The van der Waals surface area contributed by atoms with Crippen molar-refractivity contribution in [3.63, 3.8) is 0 Å². The number of nitrogens with zero attached hydrogens (tertiary/aromatic N) is 3. The van der Waals surface area contributed by atoms with E-state index in [2.05, 4.69) is 62.7 Å². The minimum atomic E-state index is -2.88. The van der Waals surface area contributed by atoms with Crippen molar-refractivity contribution in [2.75, 3.05) is 56.2 Å². The third-order valence-corrected chi connectivity index (χ3v) is 7.19. The number of guanidine groups is 1. The summed E-state index contributed by atoms with van der Waals surface area (Å²) >= 11 is 0. The molecule has 0 amide bonds. The lowest BCUT2D eigenvalue weighted by Gasteiger charge is -2.39. The maximum Gasteiger partial charge on any atom is 0.191 e. The van der Waals surface area contributed by atoms with Crippen LogP contribution >= 0.6 is 24.0 Å². The summed E-state index contributed by atoms with van der Waals surface area (Å²) < 4.78 is 23.2. The molecule has 0 saturated carbocycles. The molecule has 0 aromatic heterocycles. The fraction of sp³-hybridized carbons (Fsp3) is 0.632. The molecule has 1 aromatic rings. The van der Waals surface area contributed by atoms with E-state index >= 15 is 0 Å². The summed E-state index contributed by atoms with van der Waals surface area (Å²) in [6.07, 6.45) is 0.653. The molecule has 2 heterocycles. The monoisotopic (exact) mass is 521 g/mol. The minimum absolute atomic E-state index is 0. The van der Waals surface area contributed by atoms with Crippen molar-refractivity contribution in [1.82, 2.24) is 15.5 Å². The molecule has 2 N–H and O–H groups in total. The normalized spacial score (nSPS) is 23.7. The van der Waals surface area contributed by atoms with Gasteiger partial charge in [0.15, 0.2) is 15.8 Å². The Bertz CT molecular complexity index is 736. The van der Waals surface area contributed by atoms with Gasteiger partial charge in [0, 0.05) is 57.5 Å². The molecule has 2 unspecified atom stereocenters. The van der Waals surface area contributed by atoms with E-state index in [0.29, 0.717) is 18.4 Å². The smallest absolute Gasteiger partial charge is 0.191 e. The zero-order chi connectivity index (χ0) is 19.3. The lowest BCUT2D eigenvalue weighted by molar-refractivity contribution is 0.197. The lowest BCUT2D eigenvalue weighted by Crippen LogP contribution is -2.54. The van der Waals surface area contributed by atoms with Gasteiger partial charge in [0.1, 0.15) is 0 Å². The first-order valence-corrected chi connectivity index (χ1v) is 11.5. The van der Waals surface area contributed by atoms with Crippen LogP contribution in [0.3, 0.4) is 0 Å². The van der Waals surface area contributed by atoms with Crippen LogP contribution in [-0.4, -0.2) is 82.6 Å². The van der Waals surface area contributed by atoms with Crippen LogP contribution in [0, 0.1) is 0 Å². The van der Waals surface area contributed by atoms with E-state index in [1.54, 1.807) is 7.05 Å². The molecule has 3 rings (SSSR count). The van der Waals surface area contributed by atoms with Gasteiger partial charge in [-0.2, -0.15) is 0 Å². The van der Waals surface area contributed by atoms with E-state index in [1.807, 2.05) is 0 Å². The van der Waals surface area contributed by atoms with Gasteiger partial charge in [0.05, 0.1) is 11.5 Å². The molecule has 0 spiro atoms. The Balaban J connectivity index is 0.00000280. The number of benzene rings is 1. The van der Waals surface area contributed by atoms with E-state index in [4.69, 9.17) is 0 Å². The van der Waals surface area contributed by atoms with E-state index in [1.165, 1.54) is 5.69 Å². The number of piperazine rings is 1. The van der Waals surface area contributed by atoms with E-state index in [-0.39, 0.29) is 41.5 Å². The van der Waals surface area contributed by atoms with E-state index < -0.39 is 9.84 Å². The Labute approximate surface area is 185 Å². The quantitative estimate of drug-likeness (QED) is 0.344. The van der Waals surface area contributed by atoms with Crippen LogP contribution < -0.4 is 15.5 Å². The summed E-state index contributed by atoms with van der Waals surface area (Å²) in [6.45, 7) is 7.13. The lowest BCUT2D eigenvalue weighted by atomic mass is 10.2. The van der Waals surface area contributed by atoms with Crippen molar-refractivity contribution in [1.29, 1.82) is 0 Å². The Morgan fingerprint density at radius 3 is 2.46 bits per heavy atom. The second-order valence-corrected chi connectivity index (χ2v) is 9.63. The topological polar surface area (TPSA) is 77.0 Å². The molecule has 9 heteroatoms. The van der Waals surface area contributed by atoms with Gasteiger partial charge in [-0.15, -0.1) is 24.0 Å². The molecule has 0 bridgehead atoms. The molecule has 2 atom stereocenters. The van der Waals surface area contributed by atoms with Crippen molar-refractivity contribution in [3.05, 3.63) is 30.3 Å². The van der Waals surface area contributed by atoms with Crippen LogP contribution in [0.25, 0.3) is 0 Å². The average molecular weight is 521 g/mol. The van der Waals surface area contributed by atoms with Crippen LogP contribution in [0.2, 0.25) is 0 Å². The van der Waals surface area contributed by atoms with Gasteiger partial charge in [-0.3, -0.25) is 9.89 Å². The summed E-state index contributed by atoms with van der Waals surface area (Å²) in [5, 5.41) is 6.59. The molecular formula is C19H32IN5O2S. The minimum Gasteiger partial charge on any atom is -0.369 e. The van der Waals surface area contributed by atoms with Gasteiger partial charge in [-0.1, -0.05) is 18.2 Å². The van der Waals surface area contributed by atoms with Crippen LogP contribution in [0.5, 0.6) is 0 Å². The Morgan fingerprint density at radius 1 is 1.21 bits per heavy atom. The predicted molar refractivity (Wildman–Crippen MR) is 127 cm³/mol. The number of nitrogens with one attached hydrogen (secondary N) is 2. The van der Waals surface area contributed by atoms with Gasteiger partial charge in [-0.25, -0.2) is 8.42 Å². The van der Waals surface area contributed by atoms with Gasteiger partial charge in [0.25, 0.3) is 0 Å². The molecule has 2 fully saturated rings. The van der Waals surface area contributed by atoms with Gasteiger partial charge in [0.2, 0.25) is 0 Å². The summed E-state index contributed by atoms with van der Waals surface area (Å²) in [7, 11) is -1.16. The summed E-state index contributed by atoms with van der Waals surface area (Å²) in [5.41, 5.74) is 1.29. The number of para-hydroxylation sites is 1. The third-order valence-electron chi connectivity index (χ3n) is 5.42. The number of halogens is 1. The molecule has 2 aliphatic heterocycles. The number of hydrogen-bond donors (Lipinski definition) is 2. The van der Waals surface area contributed by atoms with Crippen LogP contribution in [-0.2, 0) is 9.84 Å². The molecule has 0 radical (unpaired) electrons. The number of aliphatic imine (C=N–C) groups is 1. The zero-order valence-corrected chi connectivity index (χ0v) is 19.8. The highest BCUT2D eigenvalue weighted by Crippen LogP contribution is 2.16. The van der Waals surface area contributed by atoms with Gasteiger partial charge in [-0.05, 0) is 25.5 Å². The van der Waals surface area contributed by atoms with Crippen LogP contribution in [0.1, 0.15) is 13.3 Å². The fourth-order valence-corrected chi connectivity index (χ4v) is 5.40. The Hall–Kier alpha value is -1.07. The first-order chi connectivity index (χ1) is 13.0. The number of rotatable bonds is 5. The van der Waals surface area contributed by atoms with E-state index in [0.717, 1.165) is 32.7 Å². The Morgan fingerprint density at radius 2 is 1.89 bits per heavy atom. The summed E-state index contributed by atoms with van der Waals surface area (Å²) in [4.78, 5) is 9.16. The zero-order valence-electron chi connectivity index (χ0n) is 16.7. The summed E-state index contributed by atoms with van der Waals surface area (Å²) in [5.74, 6) is 1.15. The summed E-state index contributed by atoms with van der Waals surface area (Å²) in [6, 6.07) is 10.9. The maximum absolute atomic E-state index is 11.6. The molecular weight excluding hydrogens is 489 g/mol. The van der Waals surface area contributed by atoms with Gasteiger partial charge >= 0.3 is 0 Å². The predicted octanol–water partition coefficient (Wildman–Crippen LogP) is 1.17. The maximum atomic E-state index is 11.6. The molecule has 158 valence electrons. The standard InChI is InChI=1S/C19H31N5O2S.HI/c1-16(14-21-19(20-2)22-17-8-13-27(25,26)15-17)23-9-11-24(12-10-23)18-6-4-3-5-7-18;/h3-7,16-17H,8-15H2,1-2H3,(H2,20,21,22);1H. The van der Waals surface area contributed by atoms with Crippen LogP contribution in [0.4, 0.5) is 5.69 Å². The molecule has 28 heavy (non-hydrogen) atoms. The average Bonchev–Trinajstić information content (AvgIpc) is 3.04. The van der Waals surface area contributed by atoms with Gasteiger partial charge < -0.3 is 15.5 Å². The first kappa shape index (κ1) is 23.2.